The highest BCUT2D eigenvalue weighted by Gasteiger charge is 2.16. The molecule has 0 amide bonds. The normalized spacial score (nSPS) is 10.4. The van der Waals surface area contributed by atoms with E-state index in [0.717, 1.165) is 34.1 Å². The third-order valence-electron chi connectivity index (χ3n) is 4.86. The maximum Gasteiger partial charge on any atom is 0.335 e. The van der Waals surface area contributed by atoms with Crippen LogP contribution in [0.2, 0.25) is 0 Å². The van der Waals surface area contributed by atoms with Crippen LogP contribution in [0.4, 0.5) is 5.69 Å². The van der Waals surface area contributed by atoms with Gasteiger partial charge in [0.2, 0.25) is 0 Å². The molecule has 0 aliphatic rings. The van der Waals surface area contributed by atoms with E-state index in [9.17, 15) is 9.90 Å². The molecule has 3 aromatic rings. The fourth-order valence-corrected chi connectivity index (χ4v) is 3.32. The van der Waals surface area contributed by atoms with Crippen LogP contribution in [0.25, 0.3) is 0 Å². The predicted octanol–water partition coefficient (Wildman–Crippen LogP) is 4.62. The van der Waals surface area contributed by atoms with Crippen LogP contribution in [0.5, 0.6) is 17.2 Å². The molecule has 0 spiro atoms. The lowest BCUT2D eigenvalue weighted by Crippen LogP contribution is -2.23. The SMILES string of the molecule is COc1ccc(OC)c(CN(Cc2ccccc2OC)c2cccc(C(=O)O)c2)c1. The maximum atomic E-state index is 11.5. The number of para-hydroxylation sites is 1. The quantitative estimate of drug-likeness (QED) is 0.558. The van der Waals surface area contributed by atoms with Crippen LogP contribution in [0.15, 0.2) is 66.7 Å². The molecular formula is C24H25NO5. The molecule has 0 saturated heterocycles. The lowest BCUT2D eigenvalue weighted by molar-refractivity contribution is 0.0697. The minimum Gasteiger partial charge on any atom is -0.497 e. The Labute approximate surface area is 176 Å². The third kappa shape index (κ3) is 4.84. The Morgan fingerprint density at radius 2 is 1.50 bits per heavy atom. The molecule has 6 nitrogen and oxygen atoms in total. The van der Waals surface area contributed by atoms with Crippen LogP contribution in [0.3, 0.4) is 0 Å². The van der Waals surface area contributed by atoms with Gasteiger partial charge in [-0.25, -0.2) is 4.79 Å². The molecule has 1 N–H and O–H groups in total. The van der Waals surface area contributed by atoms with Crippen LogP contribution in [-0.2, 0) is 13.1 Å². The van der Waals surface area contributed by atoms with E-state index in [0.29, 0.717) is 13.1 Å². The van der Waals surface area contributed by atoms with Crippen LogP contribution < -0.4 is 19.1 Å². The number of benzene rings is 3. The molecule has 0 atom stereocenters. The first kappa shape index (κ1) is 21.0. The van der Waals surface area contributed by atoms with Gasteiger partial charge in [0.1, 0.15) is 17.2 Å². The van der Waals surface area contributed by atoms with Gasteiger partial charge in [-0.3, -0.25) is 0 Å². The van der Waals surface area contributed by atoms with Crippen LogP contribution in [0, 0.1) is 0 Å². The number of ether oxygens (including phenoxy) is 3. The molecule has 0 heterocycles. The first-order chi connectivity index (χ1) is 14.5. The van der Waals surface area contributed by atoms with Crippen molar-refractivity contribution < 1.29 is 24.1 Å². The first-order valence-corrected chi connectivity index (χ1v) is 9.46. The summed E-state index contributed by atoms with van der Waals surface area (Å²) in [5.74, 6) is 1.26. The summed E-state index contributed by atoms with van der Waals surface area (Å²) in [6.07, 6.45) is 0. The molecule has 0 radical (unpaired) electrons. The number of nitrogens with zero attached hydrogens (tertiary/aromatic N) is 1. The standard InChI is InChI=1S/C24H25NO5/c1-28-21-11-12-23(30-3)19(14-21)16-25(15-18-7-4-5-10-22(18)29-2)20-9-6-8-17(13-20)24(26)27/h4-14H,15-16H2,1-3H3,(H,26,27). The van der Waals surface area contributed by atoms with Crippen molar-refractivity contribution in [1.82, 2.24) is 0 Å². The number of hydrogen-bond acceptors (Lipinski definition) is 5. The summed E-state index contributed by atoms with van der Waals surface area (Å²) in [6.45, 7) is 1.01. The molecule has 0 unspecified atom stereocenters. The Kier molecular flexibility index (Phi) is 6.80. The summed E-state index contributed by atoms with van der Waals surface area (Å²) in [5, 5.41) is 9.43. The molecular weight excluding hydrogens is 382 g/mol. The number of rotatable bonds is 9. The molecule has 30 heavy (non-hydrogen) atoms. The summed E-state index contributed by atoms with van der Waals surface area (Å²) in [6, 6.07) is 20.3. The zero-order chi connectivity index (χ0) is 21.5. The second-order valence-electron chi connectivity index (χ2n) is 6.70. The van der Waals surface area contributed by atoms with Crippen molar-refractivity contribution in [3.63, 3.8) is 0 Å². The van der Waals surface area contributed by atoms with Gasteiger partial charge in [0.15, 0.2) is 0 Å². The van der Waals surface area contributed by atoms with Crippen molar-refractivity contribution in [1.29, 1.82) is 0 Å². The smallest absolute Gasteiger partial charge is 0.335 e. The average Bonchev–Trinajstić information content (AvgIpc) is 2.78. The van der Waals surface area contributed by atoms with Gasteiger partial charge in [0, 0.05) is 29.9 Å². The van der Waals surface area contributed by atoms with Crippen molar-refractivity contribution in [2.75, 3.05) is 26.2 Å². The summed E-state index contributed by atoms with van der Waals surface area (Å²) in [7, 11) is 4.88. The van der Waals surface area contributed by atoms with E-state index in [2.05, 4.69) is 4.90 Å². The molecule has 0 aliphatic heterocycles. The lowest BCUT2D eigenvalue weighted by Gasteiger charge is -2.27. The van der Waals surface area contributed by atoms with E-state index >= 15 is 0 Å². The van der Waals surface area contributed by atoms with E-state index in [1.54, 1.807) is 39.5 Å². The number of methoxy groups -OCH3 is 3. The van der Waals surface area contributed by atoms with Gasteiger partial charge in [-0.2, -0.15) is 0 Å². The Morgan fingerprint density at radius 1 is 0.800 bits per heavy atom. The van der Waals surface area contributed by atoms with Gasteiger partial charge < -0.3 is 24.2 Å². The molecule has 0 aliphatic carbocycles. The van der Waals surface area contributed by atoms with Crippen LogP contribution in [-0.4, -0.2) is 32.4 Å². The fraction of sp³-hybridized carbons (Fsp3) is 0.208. The van der Waals surface area contributed by atoms with E-state index in [1.807, 2.05) is 48.5 Å². The highest BCUT2D eigenvalue weighted by atomic mass is 16.5. The monoisotopic (exact) mass is 407 g/mol. The maximum absolute atomic E-state index is 11.5. The highest BCUT2D eigenvalue weighted by molar-refractivity contribution is 5.88. The summed E-state index contributed by atoms with van der Waals surface area (Å²) in [4.78, 5) is 13.6. The zero-order valence-corrected chi connectivity index (χ0v) is 17.3. The van der Waals surface area contributed by atoms with E-state index in [-0.39, 0.29) is 5.56 Å². The molecule has 3 rings (SSSR count). The highest BCUT2D eigenvalue weighted by Crippen LogP contribution is 2.30. The van der Waals surface area contributed by atoms with Gasteiger partial charge in [0.05, 0.1) is 26.9 Å². The second kappa shape index (κ2) is 9.69. The van der Waals surface area contributed by atoms with E-state index in [4.69, 9.17) is 14.2 Å². The number of carboxylic acids is 1. The van der Waals surface area contributed by atoms with Gasteiger partial charge in [-0.1, -0.05) is 24.3 Å². The molecule has 0 saturated carbocycles. The summed E-state index contributed by atoms with van der Waals surface area (Å²) < 4.78 is 16.4. The minimum atomic E-state index is -0.965. The number of anilines is 1. The summed E-state index contributed by atoms with van der Waals surface area (Å²) >= 11 is 0. The van der Waals surface area contributed by atoms with E-state index < -0.39 is 5.97 Å². The molecule has 0 aromatic heterocycles. The Balaban J connectivity index is 2.04. The van der Waals surface area contributed by atoms with Crippen LogP contribution in [0.1, 0.15) is 21.5 Å². The number of carbonyl (C=O) groups is 1. The van der Waals surface area contributed by atoms with E-state index in [1.165, 1.54) is 0 Å². The average molecular weight is 407 g/mol. The van der Waals surface area contributed by atoms with Gasteiger partial charge in [0.25, 0.3) is 0 Å². The Morgan fingerprint density at radius 3 is 2.20 bits per heavy atom. The van der Waals surface area contributed by atoms with Crippen molar-refractivity contribution in [2.45, 2.75) is 13.1 Å². The molecule has 6 heteroatoms. The number of hydrogen-bond donors (Lipinski definition) is 1. The fourth-order valence-electron chi connectivity index (χ4n) is 3.32. The number of carboxylic acid groups (broad SMARTS) is 1. The minimum absolute atomic E-state index is 0.232. The second-order valence-corrected chi connectivity index (χ2v) is 6.70. The van der Waals surface area contributed by atoms with Crippen LogP contribution >= 0.6 is 0 Å². The Bertz CT molecular complexity index is 1020. The van der Waals surface area contributed by atoms with Gasteiger partial charge in [-0.15, -0.1) is 0 Å². The molecule has 3 aromatic carbocycles. The van der Waals surface area contributed by atoms with Crippen molar-refractivity contribution in [3.8, 4) is 17.2 Å². The molecule has 0 fully saturated rings. The zero-order valence-electron chi connectivity index (χ0n) is 17.3. The largest absolute Gasteiger partial charge is 0.497 e. The van der Waals surface area contributed by atoms with Crippen molar-refractivity contribution in [2.24, 2.45) is 0 Å². The van der Waals surface area contributed by atoms with Crippen molar-refractivity contribution in [3.05, 3.63) is 83.4 Å². The number of aromatic carboxylic acids is 1. The predicted molar refractivity (Wildman–Crippen MR) is 116 cm³/mol. The molecule has 0 bridgehead atoms. The Hall–Kier alpha value is -3.67. The lowest BCUT2D eigenvalue weighted by atomic mass is 10.1. The first-order valence-electron chi connectivity index (χ1n) is 9.46. The molecule has 156 valence electrons. The topological polar surface area (TPSA) is 68.2 Å². The van der Waals surface area contributed by atoms with Gasteiger partial charge >= 0.3 is 5.97 Å². The van der Waals surface area contributed by atoms with Crippen molar-refractivity contribution >= 4 is 11.7 Å². The third-order valence-corrected chi connectivity index (χ3v) is 4.86. The van der Waals surface area contributed by atoms with Gasteiger partial charge in [-0.05, 0) is 42.5 Å². The summed E-state index contributed by atoms with van der Waals surface area (Å²) in [5.41, 5.74) is 2.93.